The number of carbonyl (C=O) groups excluding carboxylic acids is 1. The van der Waals surface area contributed by atoms with Gasteiger partial charge in [0.05, 0.1) is 17.4 Å². The Labute approximate surface area is 179 Å². The van der Waals surface area contributed by atoms with Crippen molar-refractivity contribution in [1.29, 1.82) is 0 Å². The largest absolute Gasteiger partial charge is 0.484 e. The first-order valence-corrected chi connectivity index (χ1v) is 10.6. The van der Waals surface area contributed by atoms with Crippen LogP contribution in [-0.4, -0.2) is 37.9 Å². The summed E-state index contributed by atoms with van der Waals surface area (Å²) in [5, 5.41) is 14.4. The molecule has 0 unspecified atom stereocenters. The van der Waals surface area contributed by atoms with Gasteiger partial charge in [0, 0.05) is 25.5 Å². The summed E-state index contributed by atoms with van der Waals surface area (Å²) >= 11 is 0. The molecule has 3 aromatic rings. The summed E-state index contributed by atoms with van der Waals surface area (Å²) < 4.78 is 22.3. The number of nitrogens with zero attached hydrogens (tertiary/aromatic N) is 3. The molecule has 0 saturated heterocycles. The molecule has 0 spiro atoms. The van der Waals surface area contributed by atoms with Crippen molar-refractivity contribution in [1.82, 2.24) is 14.7 Å². The van der Waals surface area contributed by atoms with Gasteiger partial charge < -0.3 is 14.7 Å². The van der Waals surface area contributed by atoms with Gasteiger partial charge in [0.2, 0.25) is 0 Å². The van der Waals surface area contributed by atoms with Crippen molar-refractivity contribution >= 4 is 5.91 Å². The molecule has 0 radical (unpaired) electrons. The van der Waals surface area contributed by atoms with E-state index in [4.69, 9.17) is 4.74 Å². The number of fused-ring (bicyclic) bond motifs is 1. The van der Waals surface area contributed by atoms with Crippen molar-refractivity contribution in [3.8, 4) is 11.4 Å². The Kier molecular flexibility index (Phi) is 5.19. The maximum Gasteiger partial charge on any atom is 0.258 e. The molecule has 6 nitrogen and oxygen atoms in total. The van der Waals surface area contributed by atoms with E-state index in [1.807, 2.05) is 36.5 Å². The lowest BCUT2D eigenvalue weighted by Gasteiger charge is -2.29. The quantitative estimate of drug-likeness (QED) is 0.680. The van der Waals surface area contributed by atoms with E-state index in [1.165, 1.54) is 6.07 Å². The van der Waals surface area contributed by atoms with Crippen molar-refractivity contribution in [2.24, 2.45) is 0 Å². The van der Waals surface area contributed by atoms with Crippen molar-refractivity contribution in [3.05, 3.63) is 77.4 Å². The monoisotopic (exact) mass is 421 g/mol. The molecule has 2 heterocycles. The number of hydrogen-bond acceptors (Lipinski definition) is 4. The molecule has 0 bridgehead atoms. The molecule has 1 aromatic heterocycles. The minimum atomic E-state index is -0.634. The number of carbonyl (C=O) groups is 1. The normalized spacial score (nSPS) is 20.7. The Balaban J connectivity index is 1.35. The molecular weight excluding hydrogens is 397 g/mol. The first kappa shape index (κ1) is 19.8. The zero-order chi connectivity index (χ0) is 21.4. The number of benzene rings is 2. The van der Waals surface area contributed by atoms with E-state index in [0.717, 1.165) is 29.7 Å². The van der Waals surface area contributed by atoms with Crippen LogP contribution in [0.1, 0.15) is 47.2 Å². The van der Waals surface area contributed by atoms with E-state index in [2.05, 4.69) is 5.10 Å². The van der Waals surface area contributed by atoms with Crippen LogP contribution in [0.5, 0.6) is 5.75 Å². The number of aliphatic hydroxyl groups excluding tert-OH is 1. The molecule has 7 heteroatoms. The van der Waals surface area contributed by atoms with Gasteiger partial charge in [-0.15, -0.1) is 0 Å². The van der Waals surface area contributed by atoms with Gasteiger partial charge in [0.15, 0.2) is 11.6 Å². The Morgan fingerprint density at radius 2 is 1.94 bits per heavy atom. The van der Waals surface area contributed by atoms with E-state index in [0.29, 0.717) is 25.9 Å². The summed E-state index contributed by atoms with van der Waals surface area (Å²) in [5.74, 6) is -0.828. The first-order valence-electron chi connectivity index (χ1n) is 10.6. The lowest BCUT2D eigenvalue weighted by atomic mass is 9.94. The lowest BCUT2D eigenvalue weighted by Crippen LogP contribution is -2.35. The number of halogens is 1. The second-order valence-corrected chi connectivity index (χ2v) is 8.20. The van der Waals surface area contributed by atoms with Gasteiger partial charge in [-0.25, -0.2) is 9.07 Å². The molecule has 1 aliphatic heterocycles. The highest BCUT2D eigenvalue weighted by molar-refractivity contribution is 6.01. The van der Waals surface area contributed by atoms with Crippen LogP contribution in [0.3, 0.4) is 0 Å². The third-order valence-electron chi connectivity index (χ3n) is 6.07. The summed E-state index contributed by atoms with van der Waals surface area (Å²) in [7, 11) is 0. The summed E-state index contributed by atoms with van der Waals surface area (Å²) in [4.78, 5) is 14.8. The minimum absolute atomic E-state index is 0.0232. The molecule has 31 heavy (non-hydrogen) atoms. The number of aliphatic hydroxyl groups is 1. The van der Waals surface area contributed by atoms with E-state index in [9.17, 15) is 14.3 Å². The number of rotatable bonds is 5. The number of aromatic nitrogens is 2. The van der Waals surface area contributed by atoms with E-state index in [-0.39, 0.29) is 17.2 Å². The Hall–Kier alpha value is -3.19. The molecule has 2 aliphatic rings. The summed E-state index contributed by atoms with van der Waals surface area (Å²) in [6.45, 7) is 0.818. The SMILES string of the molecule is O=C1c2c(ccc(F)c2O[C@@H]2CCCC[C@H]2O)CN1Cc1ccc(-n2cccn2)cc1. The minimum Gasteiger partial charge on any atom is -0.484 e. The molecule has 2 aromatic carbocycles. The van der Waals surface area contributed by atoms with Crippen LogP contribution in [0.4, 0.5) is 4.39 Å². The average molecular weight is 421 g/mol. The fourth-order valence-corrected chi connectivity index (χ4v) is 4.40. The van der Waals surface area contributed by atoms with Crippen LogP contribution in [0.25, 0.3) is 5.69 Å². The van der Waals surface area contributed by atoms with Crippen molar-refractivity contribution in [3.63, 3.8) is 0 Å². The van der Waals surface area contributed by atoms with E-state index in [1.54, 1.807) is 21.8 Å². The zero-order valence-corrected chi connectivity index (χ0v) is 17.1. The molecule has 1 aliphatic carbocycles. The lowest BCUT2D eigenvalue weighted by molar-refractivity contribution is 0.00445. The molecule has 1 fully saturated rings. The van der Waals surface area contributed by atoms with Crippen LogP contribution in [0.15, 0.2) is 54.9 Å². The van der Waals surface area contributed by atoms with Gasteiger partial charge in [-0.2, -0.15) is 5.10 Å². The zero-order valence-electron chi connectivity index (χ0n) is 17.1. The standard InChI is InChI=1S/C24H24FN3O3/c25-19-11-8-17-15-27(14-16-6-9-18(10-7-16)28-13-3-12-26-28)24(30)22(17)23(19)31-21-5-2-1-4-20(21)29/h3,6-13,20-21,29H,1-2,4-5,14-15H2/t20-,21-/m1/s1. The highest BCUT2D eigenvalue weighted by atomic mass is 19.1. The molecule has 1 saturated carbocycles. The van der Waals surface area contributed by atoms with Crippen LogP contribution >= 0.6 is 0 Å². The molecular formula is C24H24FN3O3. The van der Waals surface area contributed by atoms with Gasteiger partial charge in [0.1, 0.15) is 6.10 Å². The van der Waals surface area contributed by atoms with Crippen molar-refractivity contribution < 1.29 is 19.0 Å². The Morgan fingerprint density at radius 1 is 1.13 bits per heavy atom. The summed E-state index contributed by atoms with van der Waals surface area (Å²) in [6, 6.07) is 12.7. The fraction of sp³-hybridized carbons (Fsp3) is 0.333. The fourth-order valence-electron chi connectivity index (χ4n) is 4.40. The Bertz CT molecular complexity index is 1080. The third-order valence-corrected chi connectivity index (χ3v) is 6.07. The van der Waals surface area contributed by atoms with Crippen LogP contribution < -0.4 is 4.74 Å². The van der Waals surface area contributed by atoms with Gasteiger partial charge in [-0.05, 0) is 54.7 Å². The van der Waals surface area contributed by atoms with E-state index >= 15 is 0 Å². The molecule has 160 valence electrons. The smallest absolute Gasteiger partial charge is 0.258 e. The predicted molar refractivity (Wildman–Crippen MR) is 112 cm³/mol. The predicted octanol–water partition coefficient (Wildman–Crippen LogP) is 3.85. The van der Waals surface area contributed by atoms with Gasteiger partial charge >= 0.3 is 0 Å². The molecule has 2 atom stereocenters. The highest BCUT2D eigenvalue weighted by Gasteiger charge is 2.35. The van der Waals surface area contributed by atoms with Crippen LogP contribution in [0.2, 0.25) is 0 Å². The number of amides is 1. The maximum absolute atomic E-state index is 14.6. The maximum atomic E-state index is 14.6. The van der Waals surface area contributed by atoms with Crippen LogP contribution in [0, 0.1) is 5.82 Å². The first-order chi connectivity index (χ1) is 15.1. The third kappa shape index (κ3) is 3.81. The second-order valence-electron chi connectivity index (χ2n) is 8.20. The van der Waals surface area contributed by atoms with Gasteiger partial charge in [-0.3, -0.25) is 4.79 Å². The molecule has 1 N–H and O–H groups in total. The number of ether oxygens (including phenoxy) is 1. The summed E-state index contributed by atoms with van der Waals surface area (Å²) in [5.41, 5.74) is 2.95. The molecule has 1 amide bonds. The average Bonchev–Trinajstić information content (AvgIpc) is 3.41. The van der Waals surface area contributed by atoms with Gasteiger partial charge in [0.25, 0.3) is 5.91 Å². The van der Waals surface area contributed by atoms with Crippen molar-refractivity contribution in [2.75, 3.05) is 0 Å². The van der Waals surface area contributed by atoms with Gasteiger partial charge in [-0.1, -0.05) is 24.6 Å². The van der Waals surface area contributed by atoms with E-state index < -0.39 is 18.0 Å². The highest BCUT2D eigenvalue weighted by Crippen LogP contribution is 2.36. The number of hydrogen-bond donors (Lipinski definition) is 1. The molecule has 5 rings (SSSR count). The summed E-state index contributed by atoms with van der Waals surface area (Å²) in [6.07, 6.45) is 5.63. The van der Waals surface area contributed by atoms with Crippen LogP contribution in [-0.2, 0) is 13.1 Å². The second kappa shape index (κ2) is 8.15. The topological polar surface area (TPSA) is 67.6 Å². The van der Waals surface area contributed by atoms with Crippen molar-refractivity contribution in [2.45, 2.75) is 51.0 Å². The Morgan fingerprint density at radius 3 is 2.68 bits per heavy atom.